The zero-order valence-electron chi connectivity index (χ0n) is 15.8. The van der Waals surface area contributed by atoms with Gasteiger partial charge in [-0.1, -0.05) is 0 Å². The topological polar surface area (TPSA) is 135 Å². The highest BCUT2D eigenvalue weighted by atomic mass is 16.4. The van der Waals surface area contributed by atoms with Crippen LogP contribution >= 0.6 is 0 Å². The van der Waals surface area contributed by atoms with Gasteiger partial charge in [0.1, 0.15) is 5.75 Å². The van der Waals surface area contributed by atoms with Crippen molar-refractivity contribution in [3.8, 4) is 17.2 Å². The van der Waals surface area contributed by atoms with Crippen LogP contribution in [0.5, 0.6) is 17.2 Å². The number of carbonyl (C=O) groups is 2. The highest BCUT2D eigenvalue weighted by Crippen LogP contribution is 2.50. The maximum Gasteiger partial charge on any atom is 0.309 e. The summed E-state index contributed by atoms with van der Waals surface area (Å²) in [6, 6.07) is 1.08. The van der Waals surface area contributed by atoms with E-state index in [1.165, 1.54) is 0 Å². The molecule has 1 aliphatic rings. The third-order valence-electron chi connectivity index (χ3n) is 5.67. The lowest BCUT2D eigenvalue weighted by atomic mass is 9.85. The van der Waals surface area contributed by atoms with Crippen molar-refractivity contribution in [1.82, 2.24) is 0 Å². The Morgan fingerprint density at radius 2 is 1.59 bits per heavy atom. The maximum absolute atomic E-state index is 11.3. The van der Waals surface area contributed by atoms with Crippen molar-refractivity contribution in [3.05, 3.63) is 17.2 Å². The van der Waals surface area contributed by atoms with Crippen LogP contribution in [-0.4, -0.2) is 37.5 Å². The predicted molar refractivity (Wildman–Crippen MR) is 98.0 cm³/mol. The number of phenolic OH excluding ortho intramolecular Hbond substituents is 3. The molecule has 0 aliphatic heterocycles. The van der Waals surface area contributed by atoms with Crippen molar-refractivity contribution in [1.29, 1.82) is 0 Å². The van der Waals surface area contributed by atoms with Gasteiger partial charge >= 0.3 is 11.9 Å². The Morgan fingerprint density at radius 1 is 1.00 bits per heavy atom. The van der Waals surface area contributed by atoms with Gasteiger partial charge in [0.2, 0.25) is 0 Å². The van der Waals surface area contributed by atoms with Gasteiger partial charge in [0, 0.05) is 17.2 Å². The first kappa shape index (κ1) is 20.9. The molecule has 0 atom stereocenters. The van der Waals surface area contributed by atoms with Gasteiger partial charge in [0.05, 0.1) is 10.8 Å². The monoisotopic (exact) mass is 380 g/mol. The van der Waals surface area contributed by atoms with Crippen LogP contribution in [0.2, 0.25) is 0 Å². The Hall–Kier alpha value is -2.44. The summed E-state index contributed by atoms with van der Waals surface area (Å²) in [6.45, 7) is 3.26. The van der Waals surface area contributed by atoms with E-state index in [1.807, 2.05) is 0 Å². The molecular formula is C20H28O7. The molecule has 150 valence electrons. The Kier molecular flexibility index (Phi) is 5.92. The average molecular weight is 380 g/mol. The molecule has 0 bridgehead atoms. The lowest BCUT2D eigenvalue weighted by Gasteiger charge is -2.20. The van der Waals surface area contributed by atoms with E-state index in [2.05, 4.69) is 0 Å². The molecule has 1 aliphatic carbocycles. The number of phenols is 3. The minimum Gasteiger partial charge on any atom is -0.508 e. The number of hydrogen-bond acceptors (Lipinski definition) is 5. The molecular weight excluding hydrogens is 352 g/mol. The molecule has 0 saturated heterocycles. The molecule has 1 fully saturated rings. The van der Waals surface area contributed by atoms with Crippen LogP contribution in [0.1, 0.15) is 63.5 Å². The summed E-state index contributed by atoms with van der Waals surface area (Å²) >= 11 is 0. The van der Waals surface area contributed by atoms with Crippen molar-refractivity contribution in [2.75, 3.05) is 0 Å². The van der Waals surface area contributed by atoms with E-state index >= 15 is 0 Å². The van der Waals surface area contributed by atoms with Crippen LogP contribution in [0, 0.1) is 10.8 Å². The van der Waals surface area contributed by atoms with E-state index in [0.717, 1.165) is 6.07 Å². The van der Waals surface area contributed by atoms with E-state index in [9.17, 15) is 35.1 Å². The second-order valence-electron chi connectivity index (χ2n) is 8.20. The van der Waals surface area contributed by atoms with Crippen LogP contribution in [0.15, 0.2) is 6.07 Å². The zero-order valence-corrected chi connectivity index (χ0v) is 15.8. The van der Waals surface area contributed by atoms with Crippen LogP contribution in [0.3, 0.4) is 0 Å². The first-order chi connectivity index (χ1) is 12.5. The van der Waals surface area contributed by atoms with Gasteiger partial charge in [0.15, 0.2) is 11.5 Å². The number of hydrogen-bond donors (Lipinski definition) is 5. The van der Waals surface area contributed by atoms with Gasteiger partial charge in [-0.2, -0.15) is 0 Å². The summed E-state index contributed by atoms with van der Waals surface area (Å²) in [7, 11) is 0. The van der Waals surface area contributed by atoms with Gasteiger partial charge in [-0.3, -0.25) is 9.59 Å². The van der Waals surface area contributed by atoms with E-state index in [4.69, 9.17) is 0 Å². The lowest BCUT2D eigenvalue weighted by molar-refractivity contribution is -0.147. The molecule has 7 nitrogen and oxygen atoms in total. The lowest BCUT2D eigenvalue weighted by Crippen LogP contribution is -2.23. The van der Waals surface area contributed by atoms with Crippen molar-refractivity contribution in [2.45, 2.75) is 65.2 Å². The highest BCUT2D eigenvalue weighted by Gasteiger charge is 2.49. The van der Waals surface area contributed by atoms with Crippen LogP contribution in [0.4, 0.5) is 0 Å². The Balaban J connectivity index is 2.10. The number of carboxylic acids is 2. The number of aromatic hydroxyl groups is 3. The predicted octanol–water partition coefficient (Wildman–Crippen LogP) is 3.42. The summed E-state index contributed by atoms with van der Waals surface area (Å²) in [5.74, 6) is -2.57. The summed E-state index contributed by atoms with van der Waals surface area (Å²) in [4.78, 5) is 22.5. The van der Waals surface area contributed by atoms with E-state index in [-0.39, 0.29) is 11.5 Å². The fraction of sp³-hybridized carbons (Fsp3) is 0.600. The van der Waals surface area contributed by atoms with Crippen molar-refractivity contribution in [2.24, 2.45) is 10.8 Å². The van der Waals surface area contributed by atoms with Crippen molar-refractivity contribution >= 4 is 11.9 Å². The minimum absolute atomic E-state index is 0.146. The third-order valence-corrected chi connectivity index (χ3v) is 5.67. The fourth-order valence-corrected chi connectivity index (χ4v) is 3.42. The summed E-state index contributed by atoms with van der Waals surface area (Å²) in [5.41, 5.74) is -0.678. The summed E-state index contributed by atoms with van der Waals surface area (Å²) in [5, 5.41) is 48.7. The second kappa shape index (κ2) is 7.66. The molecule has 0 unspecified atom stereocenters. The van der Waals surface area contributed by atoms with E-state index in [1.54, 1.807) is 13.8 Å². The standard InChI is InChI=1S/C20H28O7/c1-19(2,17(24)25)7-3-5-12-13(16(23)15(22)11-14(12)21)6-4-8-20(9-10-20)18(26)27/h11,21-23H,3-10H2,1-2H3,(H,24,25)(H,26,27). The number of benzene rings is 1. The third kappa shape index (κ3) is 4.64. The first-order valence-electron chi connectivity index (χ1n) is 9.22. The molecule has 0 spiro atoms. The smallest absolute Gasteiger partial charge is 0.309 e. The first-order valence-corrected chi connectivity index (χ1v) is 9.22. The highest BCUT2D eigenvalue weighted by molar-refractivity contribution is 5.77. The molecule has 1 aromatic carbocycles. The molecule has 27 heavy (non-hydrogen) atoms. The van der Waals surface area contributed by atoms with Crippen molar-refractivity contribution in [3.63, 3.8) is 0 Å². The van der Waals surface area contributed by atoms with E-state index < -0.39 is 28.5 Å². The van der Waals surface area contributed by atoms with Gasteiger partial charge in [-0.15, -0.1) is 0 Å². The van der Waals surface area contributed by atoms with Crippen LogP contribution < -0.4 is 0 Å². The van der Waals surface area contributed by atoms with Gasteiger partial charge in [0.25, 0.3) is 0 Å². The van der Waals surface area contributed by atoms with Gasteiger partial charge in [-0.25, -0.2) is 0 Å². The number of rotatable bonds is 10. The quantitative estimate of drug-likeness (QED) is 0.310. The Morgan fingerprint density at radius 3 is 2.11 bits per heavy atom. The molecule has 0 amide bonds. The number of carboxylic acid groups (broad SMARTS) is 2. The molecule has 1 aromatic rings. The molecule has 1 saturated carbocycles. The molecule has 2 rings (SSSR count). The Bertz CT molecular complexity index is 732. The normalized spacial score (nSPS) is 15.5. The van der Waals surface area contributed by atoms with Crippen LogP contribution in [0.25, 0.3) is 0 Å². The molecule has 0 aromatic heterocycles. The van der Waals surface area contributed by atoms with Crippen LogP contribution in [-0.2, 0) is 22.4 Å². The minimum atomic E-state index is -0.899. The van der Waals surface area contributed by atoms with Gasteiger partial charge < -0.3 is 25.5 Å². The van der Waals surface area contributed by atoms with Gasteiger partial charge in [-0.05, 0) is 65.2 Å². The second-order valence-corrected chi connectivity index (χ2v) is 8.20. The fourth-order valence-electron chi connectivity index (χ4n) is 3.42. The number of aliphatic carboxylic acids is 2. The molecule has 5 N–H and O–H groups in total. The SMILES string of the molecule is CC(C)(CCCc1c(O)cc(O)c(O)c1CCCC1(C(=O)O)CC1)C(=O)O. The average Bonchev–Trinajstić information content (AvgIpc) is 3.35. The molecule has 0 heterocycles. The summed E-state index contributed by atoms with van der Waals surface area (Å²) < 4.78 is 0. The Labute approximate surface area is 158 Å². The zero-order chi connectivity index (χ0) is 20.4. The van der Waals surface area contributed by atoms with Crippen molar-refractivity contribution < 1.29 is 35.1 Å². The molecule has 0 radical (unpaired) electrons. The summed E-state index contributed by atoms with van der Waals surface area (Å²) in [6.07, 6.45) is 3.86. The molecule has 7 heteroatoms. The maximum atomic E-state index is 11.3. The largest absolute Gasteiger partial charge is 0.508 e. The van der Waals surface area contributed by atoms with E-state index in [0.29, 0.717) is 62.5 Å².